The van der Waals surface area contributed by atoms with Gasteiger partial charge in [0.1, 0.15) is 6.61 Å². The second-order valence-electron chi connectivity index (χ2n) is 5.79. The SMILES string of the molecule is O=C(NN=C1CCCCCCC1)C1COc2ccccc2O1. The third kappa shape index (κ3) is 3.78. The number of carbonyl (C=O) groups excluding carboxylic acids is 1. The Morgan fingerprint density at radius 1 is 1.05 bits per heavy atom. The highest BCUT2D eigenvalue weighted by molar-refractivity contribution is 5.87. The Morgan fingerprint density at radius 3 is 2.50 bits per heavy atom. The Balaban J connectivity index is 1.56. The predicted octanol–water partition coefficient (Wildman–Crippen LogP) is 3.04. The molecule has 1 atom stereocenters. The molecule has 0 radical (unpaired) electrons. The van der Waals surface area contributed by atoms with Gasteiger partial charge in [-0.1, -0.05) is 31.4 Å². The summed E-state index contributed by atoms with van der Waals surface area (Å²) in [7, 11) is 0. The summed E-state index contributed by atoms with van der Waals surface area (Å²) >= 11 is 0. The van der Waals surface area contributed by atoms with Crippen LogP contribution in [0.25, 0.3) is 0 Å². The number of fused-ring (bicyclic) bond motifs is 1. The standard InChI is InChI=1S/C17H22N2O3/c20-17(19-18-13-8-4-2-1-3-5-9-13)16-12-21-14-10-6-7-11-15(14)22-16/h6-7,10-11,16H,1-5,8-9,12H2,(H,19,20). The molecular formula is C17H22N2O3. The summed E-state index contributed by atoms with van der Waals surface area (Å²) < 4.78 is 11.2. The molecule has 1 aromatic carbocycles. The van der Waals surface area contributed by atoms with Gasteiger partial charge in [0.15, 0.2) is 11.5 Å². The number of hydrogen-bond acceptors (Lipinski definition) is 4. The second-order valence-corrected chi connectivity index (χ2v) is 5.79. The van der Waals surface area contributed by atoms with Crippen molar-refractivity contribution in [1.82, 2.24) is 5.43 Å². The molecule has 1 amide bonds. The molecule has 1 fully saturated rings. The van der Waals surface area contributed by atoms with Crippen molar-refractivity contribution < 1.29 is 14.3 Å². The summed E-state index contributed by atoms with van der Waals surface area (Å²) in [6, 6.07) is 7.37. The fourth-order valence-electron chi connectivity index (χ4n) is 2.78. The zero-order valence-corrected chi connectivity index (χ0v) is 12.7. The number of hydrogen-bond donors (Lipinski definition) is 1. The molecule has 0 spiro atoms. The number of rotatable bonds is 2. The average Bonchev–Trinajstić information content (AvgIpc) is 2.53. The third-order valence-electron chi connectivity index (χ3n) is 4.06. The average molecular weight is 302 g/mol. The molecule has 1 aliphatic carbocycles. The predicted molar refractivity (Wildman–Crippen MR) is 84.2 cm³/mol. The van der Waals surface area contributed by atoms with Gasteiger partial charge in [-0.2, -0.15) is 5.10 Å². The monoisotopic (exact) mass is 302 g/mol. The van der Waals surface area contributed by atoms with E-state index >= 15 is 0 Å². The molecule has 1 unspecified atom stereocenters. The van der Waals surface area contributed by atoms with Crippen LogP contribution in [0.3, 0.4) is 0 Å². The highest BCUT2D eigenvalue weighted by atomic mass is 16.6. The van der Waals surface area contributed by atoms with Gasteiger partial charge in [-0.3, -0.25) is 4.79 Å². The summed E-state index contributed by atoms with van der Waals surface area (Å²) in [6.07, 6.45) is 7.44. The van der Waals surface area contributed by atoms with E-state index in [0.717, 1.165) is 31.4 Å². The van der Waals surface area contributed by atoms with Crippen LogP contribution in [-0.4, -0.2) is 24.3 Å². The van der Waals surface area contributed by atoms with Crippen LogP contribution < -0.4 is 14.9 Å². The maximum absolute atomic E-state index is 12.2. The fourth-order valence-corrected chi connectivity index (χ4v) is 2.78. The summed E-state index contributed by atoms with van der Waals surface area (Å²) in [4.78, 5) is 12.2. The van der Waals surface area contributed by atoms with Crippen LogP contribution in [0.5, 0.6) is 11.5 Å². The van der Waals surface area contributed by atoms with E-state index in [1.54, 1.807) is 6.07 Å². The smallest absolute Gasteiger partial charge is 0.284 e. The number of nitrogens with one attached hydrogen (secondary N) is 1. The minimum absolute atomic E-state index is 0.216. The molecule has 0 aromatic heterocycles. The van der Waals surface area contributed by atoms with E-state index < -0.39 is 6.10 Å². The van der Waals surface area contributed by atoms with Gasteiger partial charge in [0.25, 0.3) is 5.91 Å². The number of ether oxygens (including phenoxy) is 2. The Labute approximate surface area is 130 Å². The van der Waals surface area contributed by atoms with Crippen LogP contribution in [0.2, 0.25) is 0 Å². The van der Waals surface area contributed by atoms with Crippen molar-refractivity contribution in [3.8, 4) is 11.5 Å². The van der Waals surface area contributed by atoms with Gasteiger partial charge in [0, 0.05) is 5.71 Å². The van der Waals surface area contributed by atoms with Crippen molar-refractivity contribution in [1.29, 1.82) is 0 Å². The van der Waals surface area contributed by atoms with E-state index in [4.69, 9.17) is 9.47 Å². The van der Waals surface area contributed by atoms with E-state index in [0.29, 0.717) is 11.5 Å². The van der Waals surface area contributed by atoms with Gasteiger partial charge in [-0.15, -0.1) is 0 Å². The van der Waals surface area contributed by atoms with Gasteiger partial charge in [0.05, 0.1) is 0 Å². The van der Waals surface area contributed by atoms with Gasteiger partial charge in [-0.05, 0) is 37.8 Å². The number of para-hydroxylation sites is 2. The van der Waals surface area contributed by atoms with Crippen LogP contribution in [0.4, 0.5) is 0 Å². The summed E-state index contributed by atoms with van der Waals surface area (Å²) in [6.45, 7) is 0.216. The zero-order chi connectivity index (χ0) is 15.2. The largest absolute Gasteiger partial charge is 0.485 e. The van der Waals surface area contributed by atoms with E-state index in [1.165, 1.54) is 19.3 Å². The molecule has 118 valence electrons. The maximum Gasteiger partial charge on any atom is 0.284 e. The van der Waals surface area contributed by atoms with Crippen molar-refractivity contribution in [3.05, 3.63) is 24.3 Å². The lowest BCUT2D eigenvalue weighted by atomic mass is 9.99. The Hall–Kier alpha value is -2.04. The molecule has 22 heavy (non-hydrogen) atoms. The van der Waals surface area contributed by atoms with E-state index in [-0.39, 0.29) is 12.5 Å². The number of amides is 1. The highest BCUT2D eigenvalue weighted by Gasteiger charge is 2.27. The molecule has 0 bridgehead atoms. The number of nitrogens with zero attached hydrogens (tertiary/aromatic N) is 1. The number of benzene rings is 1. The first-order valence-electron chi connectivity index (χ1n) is 8.07. The minimum atomic E-state index is -0.646. The molecule has 1 aromatic rings. The van der Waals surface area contributed by atoms with Gasteiger partial charge in [-0.25, -0.2) is 5.43 Å². The first kappa shape index (κ1) is 14.9. The lowest BCUT2D eigenvalue weighted by Crippen LogP contribution is -2.42. The maximum atomic E-state index is 12.2. The zero-order valence-electron chi connectivity index (χ0n) is 12.7. The molecule has 1 N–H and O–H groups in total. The third-order valence-corrected chi connectivity index (χ3v) is 4.06. The highest BCUT2D eigenvalue weighted by Crippen LogP contribution is 2.30. The summed E-state index contributed by atoms with van der Waals surface area (Å²) in [5.74, 6) is 1.04. The Morgan fingerprint density at radius 2 is 1.73 bits per heavy atom. The molecule has 1 aliphatic heterocycles. The normalized spacial score (nSPS) is 21.5. The summed E-state index contributed by atoms with van der Waals surface area (Å²) in [5, 5.41) is 4.30. The quantitative estimate of drug-likeness (QED) is 0.854. The van der Waals surface area contributed by atoms with Crippen LogP contribution in [0.15, 0.2) is 29.4 Å². The van der Waals surface area contributed by atoms with E-state index in [1.807, 2.05) is 18.2 Å². The molecule has 3 rings (SSSR count). The van der Waals surface area contributed by atoms with Crippen molar-refractivity contribution in [2.45, 2.75) is 51.0 Å². The van der Waals surface area contributed by atoms with E-state index in [2.05, 4.69) is 10.5 Å². The van der Waals surface area contributed by atoms with Gasteiger partial charge in [0.2, 0.25) is 6.10 Å². The van der Waals surface area contributed by atoms with Crippen molar-refractivity contribution in [2.75, 3.05) is 6.61 Å². The number of hydrazone groups is 1. The first-order valence-corrected chi connectivity index (χ1v) is 8.07. The summed E-state index contributed by atoms with van der Waals surface area (Å²) in [5.41, 5.74) is 3.73. The molecule has 2 aliphatic rings. The van der Waals surface area contributed by atoms with E-state index in [9.17, 15) is 4.79 Å². The van der Waals surface area contributed by atoms with Gasteiger partial charge < -0.3 is 9.47 Å². The molecular weight excluding hydrogens is 280 g/mol. The van der Waals surface area contributed by atoms with Crippen LogP contribution in [0.1, 0.15) is 44.9 Å². The van der Waals surface area contributed by atoms with Crippen molar-refractivity contribution in [2.24, 2.45) is 5.10 Å². The lowest BCUT2D eigenvalue weighted by molar-refractivity contribution is -0.130. The lowest BCUT2D eigenvalue weighted by Gasteiger charge is -2.25. The van der Waals surface area contributed by atoms with Crippen LogP contribution in [0, 0.1) is 0 Å². The number of carbonyl (C=O) groups is 1. The van der Waals surface area contributed by atoms with Crippen molar-refractivity contribution in [3.63, 3.8) is 0 Å². The molecule has 0 saturated heterocycles. The van der Waals surface area contributed by atoms with Crippen LogP contribution in [-0.2, 0) is 4.79 Å². The van der Waals surface area contributed by atoms with Crippen LogP contribution >= 0.6 is 0 Å². The molecule has 5 nitrogen and oxygen atoms in total. The topological polar surface area (TPSA) is 59.9 Å². The molecule has 1 saturated carbocycles. The van der Waals surface area contributed by atoms with Crippen molar-refractivity contribution >= 4 is 11.6 Å². The first-order chi connectivity index (χ1) is 10.8. The minimum Gasteiger partial charge on any atom is -0.485 e. The Kier molecular flexibility index (Phi) is 4.93. The molecule has 1 heterocycles. The van der Waals surface area contributed by atoms with Gasteiger partial charge >= 0.3 is 0 Å². The fraction of sp³-hybridized carbons (Fsp3) is 0.529. The Bertz CT molecular complexity index is 547. The second kappa shape index (κ2) is 7.29. The molecule has 5 heteroatoms.